The van der Waals surface area contributed by atoms with E-state index < -0.39 is 5.41 Å². The maximum absolute atomic E-state index is 13.7. The zero-order valence-electron chi connectivity index (χ0n) is 35.3. The molecular formula is C46H89N3O3. The molecule has 0 spiro atoms. The Morgan fingerprint density at radius 1 is 0.404 bits per heavy atom. The summed E-state index contributed by atoms with van der Waals surface area (Å²) < 4.78 is 0. The number of hydrogen-bond donors (Lipinski definition) is 3. The minimum Gasteiger partial charge on any atom is -0.356 e. The Kier molecular flexibility index (Phi) is 31.6. The maximum Gasteiger partial charge on any atom is 0.225 e. The van der Waals surface area contributed by atoms with Crippen LogP contribution < -0.4 is 16.0 Å². The molecule has 0 aliphatic heterocycles. The van der Waals surface area contributed by atoms with E-state index in [4.69, 9.17) is 0 Å². The lowest BCUT2D eigenvalue weighted by Gasteiger charge is -2.40. The number of hydrogen-bond acceptors (Lipinski definition) is 3. The van der Waals surface area contributed by atoms with Crippen LogP contribution in [0.5, 0.6) is 0 Å². The second kappa shape index (κ2) is 33.9. The molecule has 0 bridgehead atoms. The number of carbonyl (C=O) groups is 3. The van der Waals surface area contributed by atoms with E-state index in [1.807, 2.05) is 6.92 Å². The van der Waals surface area contributed by atoms with Crippen molar-refractivity contribution >= 4 is 17.7 Å². The van der Waals surface area contributed by atoms with E-state index in [9.17, 15) is 14.4 Å². The highest BCUT2D eigenvalue weighted by molar-refractivity contribution is 5.87. The van der Waals surface area contributed by atoms with E-state index in [1.165, 1.54) is 154 Å². The normalized spacial score (nSPS) is 18.7. The molecule has 1 aliphatic carbocycles. The Hall–Kier alpha value is -1.59. The fourth-order valence-corrected chi connectivity index (χ4v) is 8.23. The first-order valence-electron chi connectivity index (χ1n) is 23.2. The van der Waals surface area contributed by atoms with Crippen molar-refractivity contribution in [2.45, 2.75) is 240 Å². The Morgan fingerprint density at radius 3 is 0.942 bits per heavy atom. The Balaban J connectivity index is 2.52. The molecule has 0 saturated heterocycles. The van der Waals surface area contributed by atoms with Crippen molar-refractivity contribution in [3.63, 3.8) is 0 Å². The monoisotopic (exact) mass is 732 g/mol. The second-order valence-electron chi connectivity index (χ2n) is 17.0. The molecular weight excluding hydrogens is 643 g/mol. The lowest BCUT2D eigenvalue weighted by atomic mass is 9.65. The fourth-order valence-electron chi connectivity index (χ4n) is 8.23. The minimum atomic E-state index is -0.713. The van der Waals surface area contributed by atoms with Crippen molar-refractivity contribution in [1.29, 1.82) is 0 Å². The average Bonchev–Trinajstić information content (AvgIpc) is 3.14. The molecule has 3 amide bonds. The van der Waals surface area contributed by atoms with Gasteiger partial charge in [-0.15, -0.1) is 0 Å². The average molecular weight is 732 g/mol. The Bertz CT molecular complexity index is 816. The van der Waals surface area contributed by atoms with E-state index in [2.05, 4.69) is 36.7 Å². The Labute approximate surface area is 323 Å². The summed E-state index contributed by atoms with van der Waals surface area (Å²) in [4.78, 5) is 40.6. The van der Waals surface area contributed by atoms with Crippen LogP contribution in [0.15, 0.2) is 0 Å². The number of carbonyl (C=O) groups excluding carboxylic acids is 3. The van der Waals surface area contributed by atoms with Crippen LogP contribution in [0.3, 0.4) is 0 Å². The number of nitrogens with one attached hydrogen (secondary N) is 3. The molecule has 0 aromatic rings. The van der Waals surface area contributed by atoms with E-state index in [1.54, 1.807) is 0 Å². The van der Waals surface area contributed by atoms with Crippen LogP contribution in [0.2, 0.25) is 0 Å². The lowest BCUT2D eigenvalue weighted by molar-refractivity contribution is -0.140. The van der Waals surface area contributed by atoms with Gasteiger partial charge in [-0.25, -0.2) is 0 Å². The molecule has 0 aromatic heterocycles. The first-order valence-corrected chi connectivity index (χ1v) is 23.2. The molecule has 1 fully saturated rings. The molecule has 6 heteroatoms. The van der Waals surface area contributed by atoms with Crippen molar-refractivity contribution in [2.75, 3.05) is 19.6 Å². The molecule has 0 aromatic carbocycles. The highest BCUT2D eigenvalue weighted by Crippen LogP contribution is 2.43. The third-order valence-electron chi connectivity index (χ3n) is 11.7. The first-order chi connectivity index (χ1) is 25.4. The quantitative estimate of drug-likeness (QED) is 0.0561. The number of rotatable bonds is 36. The van der Waals surface area contributed by atoms with Gasteiger partial charge in [0.25, 0.3) is 0 Å². The highest BCUT2D eigenvalue weighted by atomic mass is 16.2. The molecule has 1 aliphatic rings. The van der Waals surface area contributed by atoms with Gasteiger partial charge in [0, 0.05) is 36.9 Å². The predicted molar refractivity (Wildman–Crippen MR) is 223 cm³/mol. The molecule has 6 nitrogen and oxygen atoms in total. The summed E-state index contributed by atoms with van der Waals surface area (Å²) in [5, 5.41) is 9.60. The van der Waals surface area contributed by atoms with Crippen molar-refractivity contribution in [3.05, 3.63) is 0 Å². The summed E-state index contributed by atoms with van der Waals surface area (Å²) in [5.74, 6) is -0.548. The fraction of sp³-hybridized carbons (Fsp3) is 0.935. The van der Waals surface area contributed by atoms with Crippen LogP contribution in [0.25, 0.3) is 0 Å². The third kappa shape index (κ3) is 25.4. The summed E-state index contributed by atoms with van der Waals surface area (Å²) in [7, 11) is 0. The van der Waals surface area contributed by atoms with Gasteiger partial charge < -0.3 is 16.0 Å². The minimum absolute atomic E-state index is 0.0168. The lowest BCUT2D eigenvalue weighted by Crippen LogP contribution is -2.50. The van der Waals surface area contributed by atoms with Crippen molar-refractivity contribution in [2.24, 2.45) is 17.3 Å². The van der Waals surface area contributed by atoms with Gasteiger partial charge in [0.15, 0.2) is 0 Å². The van der Waals surface area contributed by atoms with Crippen LogP contribution in [-0.2, 0) is 14.4 Å². The molecule has 0 radical (unpaired) electrons. The van der Waals surface area contributed by atoms with Crippen LogP contribution in [0.1, 0.15) is 240 Å². The highest BCUT2D eigenvalue weighted by Gasteiger charge is 2.46. The molecule has 1 rings (SSSR count). The van der Waals surface area contributed by atoms with Gasteiger partial charge in [-0.05, 0) is 38.5 Å². The Morgan fingerprint density at radius 2 is 0.654 bits per heavy atom. The van der Waals surface area contributed by atoms with Gasteiger partial charge in [0.1, 0.15) is 0 Å². The third-order valence-corrected chi connectivity index (χ3v) is 11.7. The molecule has 2 atom stereocenters. The van der Waals surface area contributed by atoms with Crippen LogP contribution in [-0.4, -0.2) is 37.4 Å². The number of amides is 3. The molecule has 306 valence electrons. The SMILES string of the molecule is CCCCCCCCCCCCNC(=O)C1CC(C(=O)NCCCCCCCCCCCC)CC(C)(C(=O)NCCCCCCCCCCCC)C1. The van der Waals surface area contributed by atoms with E-state index >= 15 is 0 Å². The molecule has 2 unspecified atom stereocenters. The van der Waals surface area contributed by atoms with E-state index in [0.29, 0.717) is 38.9 Å². The predicted octanol–water partition coefficient (Wildman–Crippen LogP) is 12.5. The summed E-state index contributed by atoms with van der Waals surface area (Å²) in [6.45, 7) is 10.8. The van der Waals surface area contributed by atoms with Gasteiger partial charge in [-0.2, -0.15) is 0 Å². The first kappa shape index (κ1) is 48.4. The molecule has 52 heavy (non-hydrogen) atoms. The van der Waals surface area contributed by atoms with Gasteiger partial charge >= 0.3 is 0 Å². The summed E-state index contributed by atoms with van der Waals surface area (Å²) >= 11 is 0. The summed E-state index contributed by atoms with van der Waals surface area (Å²) in [6.07, 6.45) is 39.6. The standard InChI is InChI=1S/C46H89N3O3/c1-5-8-11-14-17-20-23-26-29-32-35-47-43(50)41-38-42(44(51)48-36-33-30-27-24-21-18-15-12-9-6-2)40-46(4,39-41)45(52)49-37-34-31-28-25-22-19-16-13-10-7-3/h41-42H,5-40H2,1-4H3,(H,47,50)(H,48,51)(H,49,52). The number of unbranched alkanes of at least 4 members (excludes halogenated alkanes) is 27. The largest absolute Gasteiger partial charge is 0.356 e. The van der Waals surface area contributed by atoms with Gasteiger partial charge in [-0.1, -0.05) is 201 Å². The zero-order chi connectivity index (χ0) is 38.0. The smallest absolute Gasteiger partial charge is 0.225 e. The van der Waals surface area contributed by atoms with Crippen molar-refractivity contribution < 1.29 is 14.4 Å². The van der Waals surface area contributed by atoms with Gasteiger partial charge in [-0.3, -0.25) is 14.4 Å². The molecule has 1 saturated carbocycles. The summed E-state index contributed by atoms with van der Waals surface area (Å²) in [6, 6.07) is 0. The van der Waals surface area contributed by atoms with E-state index in [-0.39, 0.29) is 29.6 Å². The van der Waals surface area contributed by atoms with E-state index in [0.717, 1.165) is 38.5 Å². The molecule has 0 heterocycles. The molecule has 3 N–H and O–H groups in total. The van der Waals surface area contributed by atoms with Crippen LogP contribution in [0, 0.1) is 17.3 Å². The van der Waals surface area contributed by atoms with Crippen LogP contribution >= 0.6 is 0 Å². The van der Waals surface area contributed by atoms with Gasteiger partial charge in [0.2, 0.25) is 17.7 Å². The topological polar surface area (TPSA) is 87.3 Å². The second-order valence-corrected chi connectivity index (χ2v) is 17.0. The van der Waals surface area contributed by atoms with Crippen LogP contribution in [0.4, 0.5) is 0 Å². The van der Waals surface area contributed by atoms with Crippen molar-refractivity contribution in [3.8, 4) is 0 Å². The zero-order valence-corrected chi connectivity index (χ0v) is 35.3. The van der Waals surface area contributed by atoms with Gasteiger partial charge in [0.05, 0.1) is 0 Å². The summed E-state index contributed by atoms with van der Waals surface area (Å²) in [5.41, 5.74) is -0.713. The van der Waals surface area contributed by atoms with Crippen molar-refractivity contribution in [1.82, 2.24) is 16.0 Å². The maximum atomic E-state index is 13.7.